The van der Waals surface area contributed by atoms with Crippen molar-refractivity contribution in [3.63, 3.8) is 0 Å². The molecule has 0 amide bonds. The predicted molar refractivity (Wildman–Crippen MR) is 105 cm³/mol. The summed E-state index contributed by atoms with van der Waals surface area (Å²) in [6, 6.07) is 12.4. The molecule has 0 aliphatic heterocycles. The quantitative estimate of drug-likeness (QED) is 0.513. The van der Waals surface area contributed by atoms with Crippen LogP contribution in [0.3, 0.4) is 0 Å². The maximum Gasteiger partial charge on any atom is 0.299 e. The fourth-order valence-corrected chi connectivity index (χ4v) is 5.55. The van der Waals surface area contributed by atoms with Gasteiger partial charge in [-0.1, -0.05) is 41.8 Å². The average molecular weight is 425 g/mol. The first-order valence-electron chi connectivity index (χ1n) is 9.17. The van der Waals surface area contributed by atoms with Gasteiger partial charge in [-0.3, -0.25) is 0 Å². The van der Waals surface area contributed by atoms with Gasteiger partial charge < -0.3 is 0 Å². The zero-order valence-electron chi connectivity index (χ0n) is 15.9. The summed E-state index contributed by atoms with van der Waals surface area (Å²) in [5.74, 6) is -1.73. The summed E-state index contributed by atoms with van der Waals surface area (Å²) in [5.41, 5.74) is 1.81. The molecule has 0 bridgehead atoms. The summed E-state index contributed by atoms with van der Waals surface area (Å²) in [7, 11) is -8.37. The molecule has 0 spiro atoms. The van der Waals surface area contributed by atoms with Gasteiger partial charge in [-0.05, 0) is 51.0 Å². The second kappa shape index (κ2) is 7.94. The van der Waals surface area contributed by atoms with Gasteiger partial charge in [-0.25, -0.2) is 8.37 Å². The summed E-state index contributed by atoms with van der Waals surface area (Å²) in [6.45, 7) is 3.69. The molecule has 0 atom stereocenters. The van der Waals surface area contributed by atoms with Crippen LogP contribution in [0, 0.1) is 13.8 Å². The van der Waals surface area contributed by atoms with Crippen LogP contribution in [0.15, 0.2) is 58.3 Å². The van der Waals surface area contributed by atoms with E-state index >= 15 is 0 Å². The van der Waals surface area contributed by atoms with Gasteiger partial charge >= 0.3 is 0 Å². The zero-order valence-corrected chi connectivity index (χ0v) is 17.6. The maximum absolute atomic E-state index is 12.8. The van der Waals surface area contributed by atoms with Crippen molar-refractivity contribution in [2.24, 2.45) is 0 Å². The Bertz CT molecular complexity index is 938. The second-order valence-corrected chi connectivity index (χ2v) is 10.3. The zero-order chi connectivity index (χ0) is 20.4. The minimum Gasteiger partial charge on any atom is -0.230 e. The molecule has 0 saturated heterocycles. The van der Waals surface area contributed by atoms with Gasteiger partial charge in [0.05, 0.1) is 9.79 Å². The summed E-state index contributed by atoms with van der Waals surface area (Å²) in [4.78, 5) is -0.0567. The highest BCUT2D eigenvalue weighted by atomic mass is 32.2. The van der Waals surface area contributed by atoms with Crippen molar-refractivity contribution in [1.29, 1.82) is 0 Å². The van der Waals surface area contributed by atoms with Crippen LogP contribution in [0.5, 0.6) is 0 Å². The first kappa shape index (κ1) is 21.0. The van der Waals surface area contributed by atoms with Gasteiger partial charge in [0.15, 0.2) is 0 Å². The molecule has 0 aromatic heterocycles. The molecular formula is C20H24O6S2. The third-order valence-corrected chi connectivity index (χ3v) is 7.50. The Morgan fingerprint density at radius 1 is 0.643 bits per heavy atom. The van der Waals surface area contributed by atoms with Crippen LogP contribution in [0.4, 0.5) is 0 Å². The predicted octanol–water partition coefficient (Wildman–Crippen LogP) is 4.07. The van der Waals surface area contributed by atoms with Crippen LogP contribution in [0.25, 0.3) is 0 Å². The van der Waals surface area contributed by atoms with Crippen molar-refractivity contribution in [1.82, 2.24) is 0 Å². The maximum atomic E-state index is 12.8. The molecule has 0 radical (unpaired) electrons. The Morgan fingerprint density at radius 2 is 1.00 bits per heavy atom. The number of rotatable bonds is 6. The average Bonchev–Trinajstić information content (AvgIpc) is 2.62. The minimum atomic E-state index is -4.19. The van der Waals surface area contributed by atoms with Gasteiger partial charge in [0.25, 0.3) is 20.2 Å². The molecule has 1 fully saturated rings. The molecule has 2 aromatic rings. The Balaban J connectivity index is 1.92. The highest BCUT2D eigenvalue weighted by molar-refractivity contribution is 7.87. The lowest BCUT2D eigenvalue weighted by Gasteiger charge is -2.35. The normalized spacial score (nSPS) is 17.4. The third kappa shape index (κ3) is 4.81. The van der Waals surface area contributed by atoms with Crippen molar-refractivity contribution < 1.29 is 25.2 Å². The second-order valence-electron chi connectivity index (χ2n) is 7.17. The van der Waals surface area contributed by atoms with Crippen LogP contribution in [-0.4, -0.2) is 22.6 Å². The Labute approximate surface area is 166 Å². The number of benzene rings is 2. The van der Waals surface area contributed by atoms with E-state index in [-0.39, 0.29) is 22.6 Å². The standard InChI is InChI=1S/C20H24O6S2/c1-16-6-10-18(11-7-16)27(21,22)25-20(14-4-3-5-15-20)26-28(23,24)19-12-8-17(2)9-13-19/h6-13H,3-5,14-15H2,1-2H3. The summed E-state index contributed by atoms with van der Waals surface area (Å²) in [6.07, 6.45) is 2.47. The molecule has 6 nitrogen and oxygen atoms in total. The SMILES string of the molecule is Cc1ccc(S(=O)(=O)OC2(OS(=O)(=O)c3ccc(C)cc3)CCCCC2)cc1. The molecule has 1 saturated carbocycles. The lowest BCUT2D eigenvalue weighted by molar-refractivity contribution is -0.128. The van der Waals surface area contributed by atoms with E-state index in [0.717, 1.165) is 17.5 Å². The smallest absolute Gasteiger partial charge is 0.230 e. The Kier molecular flexibility index (Phi) is 5.95. The molecule has 1 aliphatic rings. The van der Waals surface area contributed by atoms with Crippen molar-refractivity contribution >= 4 is 20.2 Å². The van der Waals surface area contributed by atoms with Crippen molar-refractivity contribution in [2.75, 3.05) is 0 Å². The third-order valence-electron chi connectivity index (χ3n) is 4.76. The van der Waals surface area contributed by atoms with Crippen molar-refractivity contribution in [2.45, 2.75) is 61.5 Å². The van der Waals surface area contributed by atoms with Gasteiger partial charge in [0.1, 0.15) is 0 Å². The molecule has 2 aromatic carbocycles. The first-order valence-corrected chi connectivity index (χ1v) is 12.0. The fraction of sp³-hybridized carbons (Fsp3) is 0.400. The number of aryl methyl sites for hydroxylation is 2. The van der Waals surface area contributed by atoms with E-state index in [1.807, 2.05) is 13.8 Å². The van der Waals surface area contributed by atoms with Gasteiger partial charge in [-0.15, -0.1) is 0 Å². The monoisotopic (exact) mass is 424 g/mol. The summed E-state index contributed by atoms with van der Waals surface area (Å²) in [5, 5.41) is 0. The molecular weight excluding hydrogens is 400 g/mol. The van der Waals surface area contributed by atoms with E-state index in [4.69, 9.17) is 8.37 Å². The number of hydrogen-bond acceptors (Lipinski definition) is 6. The van der Waals surface area contributed by atoms with Gasteiger partial charge in [0, 0.05) is 12.8 Å². The molecule has 1 aliphatic carbocycles. The van der Waals surface area contributed by atoms with E-state index in [2.05, 4.69) is 0 Å². The summed E-state index contributed by atoms with van der Waals surface area (Å²) < 4.78 is 62.0. The fourth-order valence-electron chi connectivity index (χ4n) is 3.18. The first-order chi connectivity index (χ1) is 13.1. The summed E-state index contributed by atoms with van der Waals surface area (Å²) >= 11 is 0. The molecule has 0 N–H and O–H groups in total. The van der Waals surface area contributed by atoms with Crippen molar-refractivity contribution in [3.05, 3.63) is 59.7 Å². The van der Waals surface area contributed by atoms with E-state index < -0.39 is 26.0 Å². The Morgan fingerprint density at radius 3 is 1.36 bits per heavy atom. The van der Waals surface area contributed by atoms with E-state index in [0.29, 0.717) is 12.8 Å². The van der Waals surface area contributed by atoms with Crippen LogP contribution >= 0.6 is 0 Å². The van der Waals surface area contributed by atoms with E-state index in [1.165, 1.54) is 24.3 Å². The molecule has 152 valence electrons. The Hall–Kier alpha value is -1.74. The highest BCUT2D eigenvalue weighted by Gasteiger charge is 2.44. The highest BCUT2D eigenvalue weighted by Crippen LogP contribution is 2.38. The molecule has 0 heterocycles. The van der Waals surface area contributed by atoms with Crippen molar-refractivity contribution in [3.8, 4) is 0 Å². The van der Waals surface area contributed by atoms with Crippen LogP contribution in [-0.2, 0) is 28.6 Å². The minimum absolute atomic E-state index is 0.0283. The van der Waals surface area contributed by atoms with Crippen LogP contribution in [0.2, 0.25) is 0 Å². The lowest BCUT2D eigenvalue weighted by atomic mass is 9.95. The lowest BCUT2D eigenvalue weighted by Crippen LogP contribution is -2.41. The van der Waals surface area contributed by atoms with Gasteiger partial charge in [0.2, 0.25) is 5.79 Å². The topological polar surface area (TPSA) is 86.7 Å². The van der Waals surface area contributed by atoms with Gasteiger partial charge in [-0.2, -0.15) is 16.8 Å². The van der Waals surface area contributed by atoms with E-state index in [9.17, 15) is 16.8 Å². The van der Waals surface area contributed by atoms with Crippen LogP contribution < -0.4 is 0 Å². The van der Waals surface area contributed by atoms with Crippen LogP contribution in [0.1, 0.15) is 43.2 Å². The molecule has 3 rings (SSSR count). The number of hydrogen-bond donors (Lipinski definition) is 0. The molecule has 28 heavy (non-hydrogen) atoms. The largest absolute Gasteiger partial charge is 0.299 e. The molecule has 8 heteroatoms. The molecule has 0 unspecified atom stereocenters. The van der Waals surface area contributed by atoms with E-state index in [1.54, 1.807) is 24.3 Å².